The molecular formula is C32H40O8. The Kier molecular flexibility index (Phi) is 5.08. The van der Waals surface area contributed by atoms with Crippen molar-refractivity contribution in [1.29, 1.82) is 0 Å². The summed E-state index contributed by atoms with van der Waals surface area (Å²) in [6.07, 6.45) is 6.43. The summed E-state index contributed by atoms with van der Waals surface area (Å²) in [5.41, 5.74) is -3.74. The maximum Gasteiger partial charge on any atom is 0.334 e. The molecule has 0 aromatic heterocycles. The molecule has 1 spiro atoms. The standard InChI is InChI=1S/C32H40O8/c1-15-7-8-19-21(15)24-22(20(38-17(3)33)13-29(19,5)36)32(27(35)40-24)14-31-12-11-28(32,4)25(31)23-18(9-10-30(31,6)37)16(2)26(34)39-23/h7,11-12,18-25,36-37H,2,8-10,13-14H2,1,3-6H3/t18-,19+,20+,21-,22+,23-,24+,25-,28+,29+,30+,31-,32-/m0/s1. The average molecular weight is 553 g/mol. The van der Waals surface area contributed by atoms with E-state index in [0.29, 0.717) is 24.8 Å². The van der Waals surface area contributed by atoms with E-state index in [1.54, 1.807) is 6.92 Å². The molecule has 8 nitrogen and oxygen atoms in total. The highest BCUT2D eigenvalue weighted by Crippen LogP contribution is 2.80. The maximum absolute atomic E-state index is 14.5. The first-order valence-electron chi connectivity index (χ1n) is 14.7. The van der Waals surface area contributed by atoms with Gasteiger partial charge in [0.2, 0.25) is 0 Å². The molecular weight excluding hydrogens is 512 g/mol. The fraction of sp³-hybridized carbons (Fsp3) is 0.719. The molecule has 2 N–H and O–H groups in total. The molecule has 5 fully saturated rings. The Morgan fingerprint density at radius 3 is 2.55 bits per heavy atom. The molecule has 3 saturated carbocycles. The highest BCUT2D eigenvalue weighted by atomic mass is 16.6. The second-order valence-electron chi connectivity index (χ2n) is 14.5. The molecule has 216 valence electrons. The van der Waals surface area contributed by atoms with E-state index in [0.717, 1.165) is 5.57 Å². The first-order valence-corrected chi connectivity index (χ1v) is 14.7. The lowest BCUT2D eigenvalue weighted by atomic mass is 9.54. The molecule has 7 rings (SSSR count). The summed E-state index contributed by atoms with van der Waals surface area (Å²) in [6, 6.07) is 0. The van der Waals surface area contributed by atoms with Crippen molar-refractivity contribution in [3.63, 3.8) is 0 Å². The van der Waals surface area contributed by atoms with Crippen LogP contribution < -0.4 is 0 Å². The van der Waals surface area contributed by atoms with E-state index in [9.17, 15) is 24.6 Å². The number of aliphatic hydroxyl groups is 2. The zero-order valence-electron chi connectivity index (χ0n) is 23.9. The lowest BCUT2D eigenvalue weighted by Gasteiger charge is -2.46. The number of carbonyl (C=O) groups excluding carboxylic acids is 3. The monoisotopic (exact) mass is 552 g/mol. The Morgan fingerprint density at radius 2 is 1.85 bits per heavy atom. The normalized spacial score (nSPS) is 55.6. The molecule has 0 radical (unpaired) electrons. The molecule has 2 bridgehead atoms. The zero-order valence-corrected chi connectivity index (χ0v) is 23.9. The van der Waals surface area contributed by atoms with Crippen LogP contribution in [0.4, 0.5) is 0 Å². The van der Waals surface area contributed by atoms with Crippen LogP contribution in [0, 0.1) is 45.8 Å². The summed E-state index contributed by atoms with van der Waals surface area (Å²) >= 11 is 0. The Morgan fingerprint density at radius 1 is 1.12 bits per heavy atom. The van der Waals surface area contributed by atoms with Crippen LogP contribution in [0.15, 0.2) is 36.0 Å². The van der Waals surface area contributed by atoms with Crippen LogP contribution in [0.5, 0.6) is 0 Å². The van der Waals surface area contributed by atoms with Gasteiger partial charge in [0, 0.05) is 53.4 Å². The molecule has 2 aliphatic heterocycles. The number of carbonyl (C=O) groups is 3. The van der Waals surface area contributed by atoms with E-state index in [2.05, 4.69) is 18.7 Å². The minimum Gasteiger partial charge on any atom is -0.462 e. The molecule has 2 saturated heterocycles. The van der Waals surface area contributed by atoms with E-state index < -0.39 is 69.5 Å². The average Bonchev–Trinajstić information content (AvgIpc) is 3.56. The van der Waals surface area contributed by atoms with Crippen molar-refractivity contribution in [2.45, 2.75) is 96.2 Å². The molecule has 2 heterocycles. The van der Waals surface area contributed by atoms with Crippen molar-refractivity contribution in [3.05, 3.63) is 36.0 Å². The highest BCUT2D eigenvalue weighted by molar-refractivity contribution is 5.91. The van der Waals surface area contributed by atoms with E-state index in [-0.39, 0.29) is 36.6 Å². The minimum atomic E-state index is -1.19. The topological polar surface area (TPSA) is 119 Å². The fourth-order valence-electron chi connectivity index (χ4n) is 11.0. The molecule has 0 aromatic carbocycles. The van der Waals surface area contributed by atoms with Crippen molar-refractivity contribution in [2.75, 3.05) is 0 Å². The van der Waals surface area contributed by atoms with E-state index >= 15 is 0 Å². The molecule has 0 aromatic rings. The zero-order chi connectivity index (χ0) is 28.8. The van der Waals surface area contributed by atoms with Crippen molar-refractivity contribution < 1.29 is 38.8 Å². The molecule has 5 aliphatic carbocycles. The second-order valence-corrected chi connectivity index (χ2v) is 14.5. The highest BCUT2D eigenvalue weighted by Gasteiger charge is 2.84. The number of ether oxygens (including phenoxy) is 3. The number of esters is 3. The molecule has 0 unspecified atom stereocenters. The van der Waals surface area contributed by atoms with Gasteiger partial charge in [-0.3, -0.25) is 9.59 Å². The van der Waals surface area contributed by atoms with Crippen LogP contribution in [0.3, 0.4) is 0 Å². The largest absolute Gasteiger partial charge is 0.462 e. The summed E-state index contributed by atoms with van der Waals surface area (Å²) in [7, 11) is 0. The van der Waals surface area contributed by atoms with Crippen molar-refractivity contribution in [2.24, 2.45) is 45.8 Å². The summed E-state index contributed by atoms with van der Waals surface area (Å²) < 4.78 is 18.5. The fourth-order valence-corrected chi connectivity index (χ4v) is 11.0. The van der Waals surface area contributed by atoms with Gasteiger partial charge in [-0.05, 0) is 46.5 Å². The predicted molar refractivity (Wildman–Crippen MR) is 142 cm³/mol. The van der Waals surface area contributed by atoms with Gasteiger partial charge in [-0.2, -0.15) is 0 Å². The van der Waals surface area contributed by atoms with E-state index in [4.69, 9.17) is 14.2 Å². The lowest BCUT2D eigenvalue weighted by Crippen LogP contribution is -2.53. The van der Waals surface area contributed by atoms with E-state index in [1.165, 1.54) is 6.92 Å². The summed E-state index contributed by atoms with van der Waals surface area (Å²) in [4.78, 5) is 39.9. The smallest absolute Gasteiger partial charge is 0.334 e. The number of fused-ring (bicyclic) bond motifs is 6. The Bertz CT molecular complexity index is 1310. The summed E-state index contributed by atoms with van der Waals surface area (Å²) in [5, 5.41) is 24.0. The molecule has 0 amide bonds. The predicted octanol–water partition coefficient (Wildman–Crippen LogP) is 3.41. The number of rotatable bonds is 1. The van der Waals surface area contributed by atoms with Crippen molar-refractivity contribution in [3.8, 4) is 0 Å². The van der Waals surface area contributed by atoms with Gasteiger partial charge in [-0.25, -0.2) is 4.79 Å². The van der Waals surface area contributed by atoms with Gasteiger partial charge in [-0.15, -0.1) is 0 Å². The quantitative estimate of drug-likeness (QED) is 0.220. The van der Waals surface area contributed by atoms with E-state index in [1.807, 2.05) is 26.8 Å². The second kappa shape index (κ2) is 7.68. The Hall–Kier alpha value is -2.45. The van der Waals surface area contributed by atoms with Gasteiger partial charge < -0.3 is 24.4 Å². The first kappa shape index (κ1) is 26.4. The van der Waals surface area contributed by atoms with Crippen LogP contribution in [-0.2, 0) is 28.6 Å². The van der Waals surface area contributed by atoms with Gasteiger partial charge in [0.15, 0.2) is 0 Å². The van der Waals surface area contributed by atoms with Gasteiger partial charge in [-0.1, -0.05) is 37.3 Å². The van der Waals surface area contributed by atoms with Crippen molar-refractivity contribution >= 4 is 17.9 Å². The SMILES string of the molecule is C=C1C(=O)O[C@@H]2[C@@H]3[C@@]4(C=C[C@@]3(C)[C@]3(C4)C(=O)O[C@@H]4[C@H]5C(C)=CC[C@H]5[C@](C)(O)C[C@@H](OC(C)=O)[C@H]43)[C@](C)(O)CC[C@@H]12. The molecule has 40 heavy (non-hydrogen) atoms. The third-order valence-electron chi connectivity index (χ3n) is 12.8. The molecule has 8 heteroatoms. The van der Waals surface area contributed by atoms with Crippen LogP contribution in [0.25, 0.3) is 0 Å². The Labute approximate surface area is 234 Å². The summed E-state index contributed by atoms with van der Waals surface area (Å²) in [5.74, 6) is -2.84. The van der Waals surface area contributed by atoms with Crippen LogP contribution in [0.1, 0.15) is 66.7 Å². The third-order valence-corrected chi connectivity index (χ3v) is 12.8. The van der Waals surface area contributed by atoms with Gasteiger partial charge >= 0.3 is 17.9 Å². The number of hydrogen-bond donors (Lipinski definition) is 2. The summed E-state index contributed by atoms with van der Waals surface area (Å²) in [6.45, 7) is 13.1. The Balaban J connectivity index is 1.45. The first-order chi connectivity index (χ1) is 18.6. The lowest BCUT2D eigenvalue weighted by molar-refractivity contribution is -0.165. The maximum atomic E-state index is 14.5. The van der Waals surface area contributed by atoms with Gasteiger partial charge in [0.05, 0.1) is 22.5 Å². The molecule has 7 aliphatic rings. The van der Waals surface area contributed by atoms with Crippen LogP contribution >= 0.6 is 0 Å². The van der Waals surface area contributed by atoms with Gasteiger partial charge in [0.25, 0.3) is 0 Å². The van der Waals surface area contributed by atoms with Crippen LogP contribution in [0.2, 0.25) is 0 Å². The number of hydrogen-bond acceptors (Lipinski definition) is 8. The number of allylic oxidation sites excluding steroid dienone is 2. The minimum absolute atomic E-state index is 0.180. The molecule has 13 atom stereocenters. The third kappa shape index (κ3) is 2.83. The van der Waals surface area contributed by atoms with Crippen LogP contribution in [-0.4, -0.2) is 57.6 Å². The van der Waals surface area contributed by atoms with Crippen molar-refractivity contribution in [1.82, 2.24) is 0 Å². The van der Waals surface area contributed by atoms with Gasteiger partial charge in [0.1, 0.15) is 18.3 Å².